The summed E-state index contributed by atoms with van der Waals surface area (Å²) in [5, 5.41) is 33.9. The van der Waals surface area contributed by atoms with Gasteiger partial charge in [-0.05, 0) is 38.6 Å². The molecule has 0 saturated carbocycles. The number of hydrogen-bond acceptors (Lipinski definition) is 9. The highest BCUT2D eigenvalue weighted by molar-refractivity contribution is 7.80. The van der Waals surface area contributed by atoms with Crippen LogP contribution in [0.15, 0.2) is 0 Å². The van der Waals surface area contributed by atoms with Crippen LogP contribution >= 0.6 is 12.6 Å². The average molecular weight is 508 g/mol. The highest BCUT2D eigenvalue weighted by atomic mass is 32.1. The van der Waals surface area contributed by atoms with Gasteiger partial charge in [0.15, 0.2) is 0 Å². The van der Waals surface area contributed by atoms with E-state index in [9.17, 15) is 33.9 Å². The fourth-order valence-corrected chi connectivity index (χ4v) is 2.90. The smallest absolute Gasteiger partial charge is 0.326 e. The fourth-order valence-electron chi connectivity index (χ4n) is 2.73. The maximum atomic E-state index is 12.8. The molecule has 14 nitrogen and oxygen atoms in total. The van der Waals surface area contributed by atoms with E-state index in [-0.39, 0.29) is 25.0 Å². The van der Waals surface area contributed by atoms with Crippen molar-refractivity contribution in [2.24, 2.45) is 11.5 Å². The van der Waals surface area contributed by atoms with Crippen LogP contribution < -0.4 is 27.4 Å². The van der Waals surface area contributed by atoms with Crippen molar-refractivity contribution in [1.82, 2.24) is 16.0 Å². The Kier molecular flexibility index (Phi) is 15.2. The lowest BCUT2D eigenvalue weighted by molar-refractivity contribution is -0.143. The van der Waals surface area contributed by atoms with E-state index in [0.29, 0.717) is 19.4 Å². The first-order valence-electron chi connectivity index (χ1n) is 10.6. The Labute approximate surface area is 201 Å². The van der Waals surface area contributed by atoms with Crippen LogP contribution in [-0.2, 0) is 28.8 Å². The molecule has 0 aliphatic carbocycles. The molecule has 0 aromatic heterocycles. The lowest BCUT2D eigenvalue weighted by Gasteiger charge is -2.25. The Morgan fingerprint density at radius 2 is 1.15 bits per heavy atom. The number of carbonyl (C=O) groups excluding carboxylic acids is 3. The number of carboxylic acid groups (broad SMARTS) is 3. The zero-order chi connectivity index (χ0) is 26.3. The Hall–Kier alpha value is -2.91. The summed E-state index contributed by atoms with van der Waals surface area (Å²) < 4.78 is 0. The number of carboxylic acids is 3. The molecule has 0 fully saturated rings. The van der Waals surface area contributed by atoms with E-state index >= 15 is 0 Å². The predicted octanol–water partition coefficient (Wildman–Crippen LogP) is -2.36. The highest BCUT2D eigenvalue weighted by Gasteiger charge is 2.30. The summed E-state index contributed by atoms with van der Waals surface area (Å²) in [5.74, 6) is -6.44. The monoisotopic (exact) mass is 507 g/mol. The lowest BCUT2D eigenvalue weighted by Crippen LogP contribution is -2.57. The van der Waals surface area contributed by atoms with Crippen molar-refractivity contribution in [2.45, 2.75) is 69.1 Å². The van der Waals surface area contributed by atoms with Crippen LogP contribution in [0.1, 0.15) is 44.9 Å². The molecular weight excluding hydrogens is 474 g/mol. The van der Waals surface area contributed by atoms with Crippen molar-refractivity contribution < 1.29 is 44.1 Å². The standard InChI is InChI=1S/C19H33N5O9S/c20-8-2-1-3-11(17(30)24-13(19(32)33)5-7-15(27)28)23-18(31)12(4-6-14(25)26)22-16(29)10(21)9-34/h10-13,34H,1-9,20-21H2,(H,22,29)(H,23,31)(H,24,30)(H,25,26)(H,27,28)(H,32,33). The van der Waals surface area contributed by atoms with E-state index in [1.54, 1.807) is 0 Å². The second kappa shape index (κ2) is 16.7. The maximum absolute atomic E-state index is 12.8. The van der Waals surface area contributed by atoms with Crippen LogP contribution in [0, 0.1) is 0 Å². The van der Waals surface area contributed by atoms with Gasteiger partial charge in [-0.3, -0.25) is 24.0 Å². The second-order valence-corrected chi connectivity index (χ2v) is 7.83. The summed E-state index contributed by atoms with van der Waals surface area (Å²) in [6, 6.07) is -5.14. The molecule has 0 aliphatic heterocycles. The summed E-state index contributed by atoms with van der Waals surface area (Å²) in [7, 11) is 0. The average Bonchev–Trinajstić information content (AvgIpc) is 2.77. The van der Waals surface area contributed by atoms with Crippen LogP contribution in [-0.4, -0.2) is 87.4 Å². The van der Waals surface area contributed by atoms with Gasteiger partial charge in [0.25, 0.3) is 0 Å². The number of hydrogen-bond donors (Lipinski definition) is 9. The first-order valence-corrected chi connectivity index (χ1v) is 11.2. The van der Waals surface area contributed by atoms with Crippen LogP contribution in [0.5, 0.6) is 0 Å². The summed E-state index contributed by atoms with van der Waals surface area (Å²) in [6.07, 6.45) is -0.686. The largest absolute Gasteiger partial charge is 0.481 e. The van der Waals surface area contributed by atoms with Gasteiger partial charge in [-0.15, -0.1) is 0 Å². The van der Waals surface area contributed by atoms with Crippen molar-refractivity contribution in [2.75, 3.05) is 12.3 Å². The summed E-state index contributed by atoms with van der Waals surface area (Å²) in [5.41, 5.74) is 11.0. The molecule has 34 heavy (non-hydrogen) atoms. The Morgan fingerprint density at radius 3 is 1.59 bits per heavy atom. The number of amides is 3. The Bertz CT molecular complexity index is 737. The molecule has 4 unspecified atom stereocenters. The van der Waals surface area contributed by atoms with E-state index in [4.69, 9.17) is 21.7 Å². The second-order valence-electron chi connectivity index (χ2n) is 7.46. The van der Waals surface area contributed by atoms with E-state index in [2.05, 4.69) is 28.6 Å². The molecule has 0 aromatic rings. The van der Waals surface area contributed by atoms with Crippen molar-refractivity contribution in [3.05, 3.63) is 0 Å². The van der Waals surface area contributed by atoms with Crippen LogP contribution in [0.3, 0.4) is 0 Å². The topological polar surface area (TPSA) is 251 Å². The van der Waals surface area contributed by atoms with Gasteiger partial charge in [-0.1, -0.05) is 0 Å². The van der Waals surface area contributed by atoms with Crippen molar-refractivity contribution in [3.8, 4) is 0 Å². The minimum atomic E-state index is -1.51. The van der Waals surface area contributed by atoms with Gasteiger partial charge >= 0.3 is 17.9 Å². The molecular formula is C19H33N5O9S. The molecule has 15 heteroatoms. The van der Waals surface area contributed by atoms with Crippen molar-refractivity contribution in [1.29, 1.82) is 0 Å². The quantitative estimate of drug-likeness (QED) is 0.0700. The van der Waals surface area contributed by atoms with E-state index < -0.39 is 72.6 Å². The Morgan fingerprint density at radius 1 is 0.706 bits per heavy atom. The van der Waals surface area contributed by atoms with Gasteiger partial charge < -0.3 is 42.7 Å². The molecule has 194 valence electrons. The van der Waals surface area contributed by atoms with Gasteiger partial charge in [0.2, 0.25) is 17.7 Å². The fraction of sp³-hybridized carbons (Fsp3) is 0.684. The molecule has 4 atom stereocenters. The van der Waals surface area contributed by atoms with Gasteiger partial charge in [0.05, 0.1) is 6.04 Å². The molecule has 0 aliphatic rings. The summed E-state index contributed by atoms with van der Waals surface area (Å²) in [6.45, 7) is 0.303. The molecule has 0 radical (unpaired) electrons. The number of thiol groups is 1. The predicted molar refractivity (Wildman–Crippen MR) is 122 cm³/mol. The number of unbranched alkanes of at least 4 members (excludes halogenated alkanes) is 1. The molecule has 0 aromatic carbocycles. The van der Waals surface area contributed by atoms with E-state index in [1.807, 2.05) is 0 Å². The Balaban J connectivity index is 5.53. The highest BCUT2D eigenvalue weighted by Crippen LogP contribution is 2.07. The molecule has 3 amide bonds. The first kappa shape index (κ1) is 31.1. The molecule has 0 bridgehead atoms. The van der Waals surface area contributed by atoms with Gasteiger partial charge in [-0.2, -0.15) is 12.6 Å². The number of aliphatic carboxylic acids is 3. The maximum Gasteiger partial charge on any atom is 0.326 e. The van der Waals surface area contributed by atoms with Crippen molar-refractivity contribution in [3.63, 3.8) is 0 Å². The molecule has 0 heterocycles. The number of nitrogens with one attached hydrogen (secondary N) is 3. The first-order chi connectivity index (χ1) is 15.9. The van der Waals surface area contributed by atoms with Gasteiger partial charge in [-0.25, -0.2) is 4.79 Å². The summed E-state index contributed by atoms with van der Waals surface area (Å²) >= 11 is 3.89. The molecule has 10 N–H and O–H groups in total. The number of carbonyl (C=O) groups is 6. The third-order valence-corrected chi connectivity index (χ3v) is 5.05. The number of nitrogens with two attached hydrogens (primary N) is 2. The van der Waals surface area contributed by atoms with Gasteiger partial charge in [0, 0.05) is 18.6 Å². The SMILES string of the molecule is NCCCCC(NC(=O)C(CCC(=O)O)NC(=O)C(N)CS)C(=O)NC(CCC(=O)O)C(=O)O. The normalized spacial score (nSPS) is 14.2. The molecule has 0 saturated heterocycles. The minimum Gasteiger partial charge on any atom is -0.481 e. The van der Waals surface area contributed by atoms with Gasteiger partial charge in [0.1, 0.15) is 18.1 Å². The zero-order valence-corrected chi connectivity index (χ0v) is 19.5. The van der Waals surface area contributed by atoms with Crippen LogP contribution in [0.25, 0.3) is 0 Å². The van der Waals surface area contributed by atoms with Crippen molar-refractivity contribution >= 4 is 48.3 Å². The number of rotatable bonds is 18. The minimum absolute atomic E-state index is 0.0316. The zero-order valence-electron chi connectivity index (χ0n) is 18.6. The van der Waals surface area contributed by atoms with Crippen LogP contribution in [0.4, 0.5) is 0 Å². The van der Waals surface area contributed by atoms with Crippen LogP contribution in [0.2, 0.25) is 0 Å². The molecule has 0 rings (SSSR count). The third-order valence-electron chi connectivity index (χ3n) is 4.65. The molecule has 0 spiro atoms. The summed E-state index contributed by atoms with van der Waals surface area (Å²) in [4.78, 5) is 70.7. The van der Waals surface area contributed by atoms with E-state index in [1.165, 1.54) is 0 Å². The third kappa shape index (κ3) is 13.0. The lowest BCUT2D eigenvalue weighted by atomic mass is 10.0. The van der Waals surface area contributed by atoms with E-state index in [0.717, 1.165) is 0 Å².